The lowest BCUT2D eigenvalue weighted by atomic mass is 10.2. The van der Waals surface area contributed by atoms with Crippen LogP contribution in [0.1, 0.15) is 19.3 Å². The van der Waals surface area contributed by atoms with Crippen molar-refractivity contribution in [2.24, 2.45) is 0 Å². The third-order valence-corrected chi connectivity index (χ3v) is 4.00. The second kappa shape index (κ2) is 6.30. The van der Waals surface area contributed by atoms with E-state index in [0.29, 0.717) is 19.4 Å². The average molecular weight is 258 g/mol. The number of sulfone groups is 1. The number of hydrogen-bond acceptors (Lipinski definition) is 4. The first-order chi connectivity index (χ1) is 6.49. The minimum atomic E-state index is -2.83. The molecule has 1 atom stereocenters. The van der Waals surface area contributed by atoms with E-state index in [1.165, 1.54) is 0 Å². The van der Waals surface area contributed by atoms with Gasteiger partial charge in [-0.2, -0.15) is 0 Å². The summed E-state index contributed by atoms with van der Waals surface area (Å²) in [5.74, 6) is -0.366. The molecule has 1 heterocycles. The molecule has 0 aromatic rings. The second-order valence-electron chi connectivity index (χ2n) is 3.55. The first kappa shape index (κ1) is 14.7. The van der Waals surface area contributed by atoms with Gasteiger partial charge in [-0.25, -0.2) is 8.42 Å². The SMILES string of the molecule is Cl.O=C(O)CCCNC1CCS(=O)(=O)C1. The Morgan fingerprint density at radius 2 is 2.13 bits per heavy atom. The highest BCUT2D eigenvalue weighted by Gasteiger charge is 2.26. The molecule has 15 heavy (non-hydrogen) atoms. The number of aliphatic carboxylic acids is 1. The summed E-state index contributed by atoms with van der Waals surface area (Å²) in [5, 5.41) is 11.4. The molecule has 1 fully saturated rings. The van der Waals surface area contributed by atoms with Crippen molar-refractivity contribution >= 4 is 28.2 Å². The fourth-order valence-corrected chi connectivity index (χ4v) is 3.21. The lowest BCUT2D eigenvalue weighted by molar-refractivity contribution is -0.137. The van der Waals surface area contributed by atoms with Crippen LogP contribution in [0.4, 0.5) is 0 Å². The zero-order valence-electron chi connectivity index (χ0n) is 8.31. The summed E-state index contributed by atoms with van der Waals surface area (Å²) in [4.78, 5) is 10.2. The summed E-state index contributed by atoms with van der Waals surface area (Å²) < 4.78 is 22.1. The molecule has 90 valence electrons. The van der Waals surface area contributed by atoms with Crippen LogP contribution in [0.25, 0.3) is 0 Å². The molecule has 0 spiro atoms. The van der Waals surface area contributed by atoms with Gasteiger partial charge in [-0.3, -0.25) is 4.79 Å². The smallest absolute Gasteiger partial charge is 0.303 e. The Balaban J connectivity index is 0.00000196. The number of rotatable bonds is 5. The van der Waals surface area contributed by atoms with Gasteiger partial charge in [-0.1, -0.05) is 0 Å². The van der Waals surface area contributed by atoms with Crippen LogP contribution >= 0.6 is 12.4 Å². The Bertz CT molecular complexity index is 304. The average Bonchev–Trinajstić information content (AvgIpc) is 2.39. The highest BCUT2D eigenvalue weighted by molar-refractivity contribution is 7.91. The van der Waals surface area contributed by atoms with Gasteiger partial charge >= 0.3 is 5.97 Å². The van der Waals surface area contributed by atoms with Gasteiger partial charge in [0.15, 0.2) is 9.84 Å². The van der Waals surface area contributed by atoms with E-state index in [4.69, 9.17) is 5.11 Å². The van der Waals surface area contributed by atoms with Crippen molar-refractivity contribution < 1.29 is 18.3 Å². The second-order valence-corrected chi connectivity index (χ2v) is 5.78. The lowest BCUT2D eigenvalue weighted by Crippen LogP contribution is -2.31. The zero-order valence-corrected chi connectivity index (χ0v) is 9.94. The van der Waals surface area contributed by atoms with Crippen LogP contribution in [0, 0.1) is 0 Å². The molecule has 5 nitrogen and oxygen atoms in total. The molecule has 1 saturated heterocycles. The monoisotopic (exact) mass is 257 g/mol. The van der Waals surface area contributed by atoms with Crippen LogP contribution in [0.3, 0.4) is 0 Å². The van der Waals surface area contributed by atoms with Crippen LogP contribution in [0.5, 0.6) is 0 Å². The number of nitrogens with one attached hydrogen (secondary N) is 1. The molecule has 0 amide bonds. The van der Waals surface area contributed by atoms with Gasteiger partial charge in [-0.15, -0.1) is 12.4 Å². The summed E-state index contributed by atoms with van der Waals surface area (Å²) in [6.45, 7) is 0.576. The maximum atomic E-state index is 11.0. The summed E-state index contributed by atoms with van der Waals surface area (Å²) in [7, 11) is -2.83. The number of carbonyl (C=O) groups is 1. The predicted octanol–water partition coefficient (Wildman–Crippen LogP) is 0.0497. The fourth-order valence-electron chi connectivity index (χ4n) is 1.50. The number of hydrogen-bond donors (Lipinski definition) is 2. The van der Waals surface area contributed by atoms with Gasteiger partial charge in [0.05, 0.1) is 11.5 Å². The van der Waals surface area contributed by atoms with E-state index in [2.05, 4.69) is 5.32 Å². The Labute approximate surface area is 95.6 Å². The summed E-state index contributed by atoms with van der Waals surface area (Å²) in [5.41, 5.74) is 0. The van der Waals surface area contributed by atoms with Crippen molar-refractivity contribution in [3.63, 3.8) is 0 Å². The molecule has 1 unspecified atom stereocenters. The van der Waals surface area contributed by atoms with Crippen LogP contribution < -0.4 is 5.32 Å². The minimum Gasteiger partial charge on any atom is -0.481 e. The van der Waals surface area contributed by atoms with Crippen molar-refractivity contribution in [3.05, 3.63) is 0 Å². The Morgan fingerprint density at radius 1 is 1.47 bits per heavy atom. The molecule has 7 heteroatoms. The van der Waals surface area contributed by atoms with Crippen LogP contribution in [-0.4, -0.2) is 43.6 Å². The molecule has 1 aliphatic rings. The molecule has 0 bridgehead atoms. The third-order valence-electron chi connectivity index (χ3n) is 2.23. The van der Waals surface area contributed by atoms with E-state index in [-0.39, 0.29) is 36.4 Å². The third kappa shape index (κ3) is 5.96. The van der Waals surface area contributed by atoms with Gasteiger partial charge in [0, 0.05) is 12.5 Å². The van der Waals surface area contributed by atoms with E-state index in [1.54, 1.807) is 0 Å². The van der Waals surface area contributed by atoms with Crippen LogP contribution in [0.15, 0.2) is 0 Å². The number of halogens is 1. The number of carboxylic acid groups (broad SMARTS) is 1. The van der Waals surface area contributed by atoms with Crippen molar-refractivity contribution in [1.82, 2.24) is 5.32 Å². The first-order valence-corrected chi connectivity index (χ1v) is 6.47. The maximum absolute atomic E-state index is 11.0. The van der Waals surface area contributed by atoms with E-state index >= 15 is 0 Å². The first-order valence-electron chi connectivity index (χ1n) is 4.65. The summed E-state index contributed by atoms with van der Waals surface area (Å²) >= 11 is 0. The minimum absolute atomic E-state index is 0. The van der Waals surface area contributed by atoms with Gasteiger partial charge in [0.1, 0.15) is 0 Å². The standard InChI is InChI=1S/C8H15NO4S.ClH/c10-8(11)2-1-4-9-7-3-5-14(12,13)6-7;/h7,9H,1-6H2,(H,10,11);1H. The highest BCUT2D eigenvalue weighted by atomic mass is 35.5. The predicted molar refractivity (Wildman–Crippen MR) is 59.2 cm³/mol. The van der Waals surface area contributed by atoms with E-state index in [9.17, 15) is 13.2 Å². The zero-order chi connectivity index (χ0) is 10.6. The summed E-state index contributed by atoms with van der Waals surface area (Å²) in [6.07, 6.45) is 1.33. The molecule has 2 N–H and O–H groups in total. The van der Waals surface area contributed by atoms with E-state index < -0.39 is 15.8 Å². The van der Waals surface area contributed by atoms with Crippen molar-refractivity contribution in [3.8, 4) is 0 Å². The van der Waals surface area contributed by atoms with E-state index in [0.717, 1.165) is 0 Å². The molecule has 1 aliphatic heterocycles. The van der Waals surface area contributed by atoms with Crippen molar-refractivity contribution in [2.45, 2.75) is 25.3 Å². The van der Waals surface area contributed by atoms with E-state index in [1.807, 2.05) is 0 Å². The lowest BCUT2D eigenvalue weighted by Gasteiger charge is -2.08. The van der Waals surface area contributed by atoms with Gasteiger partial charge in [0.25, 0.3) is 0 Å². The van der Waals surface area contributed by atoms with Crippen LogP contribution in [-0.2, 0) is 14.6 Å². The van der Waals surface area contributed by atoms with Crippen molar-refractivity contribution in [1.29, 1.82) is 0 Å². The Kier molecular flexibility index (Phi) is 6.16. The summed E-state index contributed by atoms with van der Waals surface area (Å²) in [6, 6.07) is 0.0220. The molecule has 1 rings (SSSR count). The normalized spacial score (nSPS) is 23.3. The van der Waals surface area contributed by atoms with Gasteiger partial charge in [-0.05, 0) is 19.4 Å². The van der Waals surface area contributed by atoms with Crippen molar-refractivity contribution in [2.75, 3.05) is 18.1 Å². The molecule has 0 aliphatic carbocycles. The quantitative estimate of drug-likeness (QED) is 0.680. The molecule has 0 aromatic carbocycles. The highest BCUT2D eigenvalue weighted by Crippen LogP contribution is 2.10. The topological polar surface area (TPSA) is 83.5 Å². The molecule has 0 saturated carbocycles. The molecular formula is C8H16ClNO4S. The molecular weight excluding hydrogens is 242 g/mol. The van der Waals surface area contributed by atoms with Gasteiger partial charge < -0.3 is 10.4 Å². The Morgan fingerprint density at radius 3 is 2.60 bits per heavy atom. The maximum Gasteiger partial charge on any atom is 0.303 e. The molecule has 0 aromatic heterocycles. The number of carboxylic acids is 1. The largest absolute Gasteiger partial charge is 0.481 e. The molecule has 0 radical (unpaired) electrons. The van der Waals surface area contributed by atoms with Crippen LogP contribution in [0.2, 0.25) is 0 Å². The fraction of sp³-hybridized carbons (Fsp3) is 0.875. The van der Waals surface area contributed by atoms with Gasteiger partial charge in [0.2, 0.25) is 0 Å². The Hall–Kier alpha value is -0.330.